The van der Waals surface area contributed by atoms with E-state index in [2.05, 4.69) is 24.9 Å². The van der Waals surface area contributed by atoms with Crippen molar-refractivity contribution < 1.29 is 22.0 Å². The molecule has 202 valence electrons. The molecule has 11 nitrogen and oxygen atoms in total. The van der Waals surface area contributed by atoms with E-state index in [0.29, 0.717) is 32.7 Å². The minimum absolute atomic E-state index is 0.134. The molecule has 1 atom stereocenters. The summed E-state index contributed by atoms with van der Waals surface area (Å²) in [5.74, 6) is -2.25. The highest BCUT2D eigenvalue weighted by molar-refractivity contribution is 7.80. The highest BCUT2D eigenvalue weighted by atomic mass is 32.2. The molecule has 1 spiro atoms. The number of alkyl halides is 2. The van der Waals surface area contributed by atoms with Gasteiger partial charge in [0.15, 0.2) is 5.82 Å². The van der Waals surface area contributed by atoms with Gasteiger partial charge in [0.05, 0.1) is 22.0 Å². The number of hydrogen-bond donors (Lipinski definition) is 2. The van der Waals surface area contributed by atoms with Gasteiger partial charge in [0.2, 0.25) is 0 Å². The predicted molar refractivity (Wildman–Crippen MR) is 137 cm³/mol. The molecule has 0 amide bonds. The van der Waals surface area contributed by atoms with Gasteiger partial charge in [0, 0.05) is 60.9 Å². The Balaban J connectivity index is 1.30. The molecule has 1 aliphatic carbocycles. The molecular formula is C24H28F2N8O3S. The number of aromatic nitrogens is 5. The van der Waals surface area contributed by atoms with Crippen molar-refractivity contribution in [2.75, 3.05) is 40.7 Å². The molecule has 0 bridgehead atoms. The molecule has 1 saturated carbocycles. The van der Waals surface area contributed by atoms with Crippen molar-refractivity contribution in [1.29, 1.82) is 0 Å². The number of rotatable bonds is 6. The SMILES string of the molecule is O=[n+]1cc(-c2cn(-c3ccc(NS(=O)[O-])cc3N3CCC4(CC3)CC4)nn2)[nH]c(N2CCC(F)(F)CC2)c1. The second kappa shape index (κ2) is 9.42. The van der Waals surface area contributed by atoms with Crippen molar-refractivity contribution in [3.8, 4) is 17.1 Å². The molecule has 1 unspecified atom stereocenters. The molecule has 1 aromatic carbocycles. The lowest BCUT2D eigenvalue weighted by Crippen LogP contribution is -2.40. The van der Waals surface area contributed by atoms with Gasteiger partial charge in [-0.1, -0.05) is 5.21 Å². The smallest absolute Gasteiger partial charge is 0.268 e. The van der Waals surface area contributed by atoms with Crippen LogP contribution in [0.25, 0.3) is 17.1 Å². The van der Waals surface area contributed by atoms with E-state index in [1.54, 1.807) is 34.0 Å². The number of anilines is 3. The van der Waals surface area contributed by atoms with Gasteiger partial charge in [-0.25, -0.2) is 13.5 Å². The first-order valence-electron chi connectivity index (χ1n) is 12.7. The molecule has 3 fully saturated rings. The topological polar surface area (TPSA) is 128 Å². The zero-order valence-electron chi connectivity index (χ0n) is 20.6. The first-order chi connectivity index (χ1) is 18.2. The van der Waals surface area contributed by atoms with Gasteiger partial charge in [0.1, 0.15) is 11.4 Å². The third kappa shape index (κ3) is 5.14. The van der Waals surface area contributed by atoms with E-state index in [0.717, 1.165) is 37.3 Å². The Morgan fingerprint density at radius 1 is 1.00 bits per heavy atom. The third-order valence-corrected chi connectivity index (χ3v) is 8.32. The summed E-state index contributed by atoms with van der Waals surface area (Å²) in [5, 5.41) is 8.56. The van der Waals surface area contributed by atoms with E-state index in [1.807, 2.05) is 0 Å². The third-order valence-electron chi connectivity index (χ3n) is 7.92. The second-order valence-electron chi connectivity index (χ2n) is 10.5. The minimum atomic E-state index is -2.69. The van der Waals surface area contributed by atoms with Crippen molar-refractivity contribution in [3.63, 3.8) is 0 Å². The van der Waals surface area contributed by atoms with Gasteiger partial charge < -0.3 is 24.1 Å². The summed E-state index contributed by atoms with van der Waals surface area (Å²) in [4.78, 5) is 19.5. The van der Waals surface area contributed by atoms with Crippen LogP contribution in [0.2, 0.25) is 0 Å². The molecule has 14 heteroatoms. The standard InChI is InChI=1S/C24H28F2N8O3S/c25-24(26)7-11-32(12-8-24)22-16-33(35)14-18(27-22)19-15-34(30-28-19)20-2-1-17(29-38(36)37)13-21(20)31-9-5-23(3-4-23)6-10-31/h1-2,13-16,29H,3-12H2,(H-,27,35,36,37). The van der Waals surface area contributed by atoms with Crippen LogP contribution in [-0.2, 0) is 11.3 Å². The average Bonchev–Trinajstić information content (AvgIpc) is 3.44. The van der Waals surface area contributed by atoms with Crippen LogP contribution in [0.3, 0.4) is 0 Å². The molecule has 2 N–H and O–H groups in total. The molecule has 2 saturated heterocycles. The van der Waals surface area contributed by atoms with Crippen molar-refractivity contribution in [1.82, 2.24) is 20.0 Å². The normalized spacial score (nSPS) is 20.9. The fourth-order valence-corrected chi connectivity index (χ4v) is 5.71. The predicted octanol–water partition coefficient (Wildman–Crippen LogP) is 3.00. The minimum Gasteiger partial charge on any atom is -0.755 e. The molecular weight excluding hydrogens is 518 g/mol. The number of nitrogens with zero attached hydrogens (tertiary/aromatic N) is 6. The summed E-state index contributed by atoms with van der Waals surface area (Å²) in [7, 11) is 0. The van der Waals surface area contributed by atoms with E-state index >= 15 is 0 Å². The summed E-state index contributed by atoms with van der Waals surface area (Å²) >= 11 is -2.45. The number of halogens is 2. The number of aromatic amines is 1. The Kier molecular flexibility index (Phi) is 6.17. The van der Waals surface area contributed by atoms with E-state index in [1.165, 1.54) is 25.2 Å². The first-order valence-corrected chi connectivity index (χ1v) is 13.7. The summed E-state index contributed by atoms with van der Waals surface area (Å²) < 4.78 is 54.4. The van der Waals surface area contributed by atoms with Gasteiger partial charge in [-0.2, -0.15) is 0 Å². The highest BCUT2D eigenvalue weighted by Crippen LogP contribution is 2.54. The Labute approximate surface area is 219 Å². The van der Waals surface area contributed by atoms with Gasteiger partial charge in [-0.15, -0.1) is 5.10 Å². The number of nitrogens with one attached hydrogen (secondary N) is 2. The molecule has 2 aromatic heterocycles. The number of H-pyrrole nitrogens is 1. The molecule has 38 heavy (non-hydrogen) atoms. The van der Waals surface area contributed by atoms with Crippen LogP contribution in [0.15, 0.2) is 36.8 Å². The van der Waals surface area contributed by atoms with Crippen molar-refractivity contribution in [2.24, 2.45) is 5.41 Å². The van der Waals surface area contributed by atoms with Gasteiger partial charge >= 0.3 is 0 Å². The number of benzene rings is 1. The molecule has 3 aliphatic rings. The molecule has 2 aliphatic heterocycles. The van der Waals surface area contributed by atoms with Gasteiger partial charge in [-0.05, 0) is 49.3 Å². The van der Waals surface area contributed by atoms with Crippen molar-refractivity contribution in [3.05, 3.63) is 41.7 Å². The Bertz CT molecular complexity index is 1420. The lowest BCUT2D eigenvalue weighted by Gasteiger charge is -2.35. The monoisotopic (exact) mass is 546 g/mol. The summed E-state index contributed by atoms with van der Waals surface area (Å²) in [6, 6.07) is 5.24. The van der Waals surface area contributed by atoms with Crippen molar-refractivity contribution in [2.45, 2.75) is 44.4 Å². The Hall–Kier alpha value is -3.39. The fourth-order valence-electron chi connectivity index (χ4n) is 5.39. The number of piperidine rings is 2. The zero-order valence-corrected chi connectivity index (χ0v) is 21.4. The van der Waals surface area contributed by atoms with Crippen LogP contribution in [0.4, 0.5) is 26.0 Å². The van der Waals surface area contributed by atoms with Crippen LogP contribution in [0, 0.1) is 10.3 Å². The summed E-state index contributed by atoms with van der Waals surface area (Å²) in [5.41, 5.74) is 3.28. The Morgan fingerprint density at radius 3 is 2.39 bits per heavy atom. The van der Waals surface area contributed by atoms with Gasteiger partial charge in [0.25, 0.3) is 18.3 Å². The van der Waals surface area contributed by atoms with E-state index in [-0.39, 0.29) is 25.9 Å². The lowest BCUT2D eigenvalue weighted by atomic mass is 9.93. The van der Waals surface area contributed by atoms with Crippen LogP contribution in [-0.4, -0.2) is 60.8 Å². The average molecular weight is 547 g/mol. The maximum Gasteiger partial charge on any atom is 0.268 e. The van der Waals surface area contributed by atoms with Crippen LogP contribution < -0.4 is 18.9 Å². The second-order valence-corrected chi connectivity index (χ2v) is 11.1. The van der Waals surface area contributed by atoms with Crippen molar-refractivity contribution >= 4 is 28.5 Å². The summed E-state index contributed by atoms with van der Waals surface area (Å²) in [6.07, 6.45) is 8.51. The Morgan fingerprint density at radius 2 is 1.71 bits per heavy atom. The van der Waals surface area contributed by atoms with Crippen LogP contribution in [0.1, 0.15) is 38.5 Å². The highest BCUT2D eigenvalue weighted by Gasteiger charge is 2.44. The van der Waals surface area contributed by atoms with Crippen LogP contribution in [0.5, 0.6) is 0 Å². The quantitative estimate of drug-likeness (QED) is 0.359. The molecule has 0 radical (unpaired) electrons. The molecule has 4 heterocycles. The van der Waals surface area contributed by atoms with E-state index in [4.69, 9.17) is 0 Å². The lowest BCUT2D eigenvalue weighted by molar-refractivity contribution is -0.493. The zero-order chi connectivity index (χ0) is 26.5. The summed E-state index contributed by atoms with van der Waals surface area (Å²) in [6.45, 7) is 1.99. The van der Waals surface area contributed by atoms with Crippen LogP contribution >= 0.6 is 0 Å². The maximum atomic E-state index is 13.6. The molecule has 3 aromatic rings. The number of hydrogen-bond acceptors (Lipinski definition) is 7. The first kappa shape index (κ1) is 24.9. The largest absolute Gasteiger partial charge is 0.755 e. The van der Waals surface area contributed by atoms with E-state index < -0.39 is 17.2 Å². The molecule has 6 rings (SSSR count). The maximum absolute atomic E-state index is 13.6. The van der Waals surface area contributed by atoms with E-state index in [9.17, 15) is 22.4 Å². The van der Waals surface area contributed by atoms with Gasteiger partial charge in [-0.3, -0.25) is 4.21 Å². The fraction of sp³-hybridized carbons (Fsp3) is 0.500.